The average Bonchev–Trinajstić information content (AvgIpc) is 2.44. The van der Waals surface area contributed by atoms with Crippen molar-refractivity contribution in [3.8, 4) is 5.75 Å². The van der Waals surface area contributed by atoms with Gasteiger partial charge in [0.15, 0.2) is 6.10 Å². The number of rotatable bonds is 8. The summed E-state index contributed by atoms with van der Waals surface area (Å²) in [6.07, 6.45) is 8.28. The van der Waals surface area contributed by atoms with Crippen LogP contribution in [0.3, 0.4) is 0 Å². The van der Waals surface area contributed by atoms with Gasteiger partial charge in [0.25, 0.3) is 0 Å². The van der Waals surface area contributed by atoms with E-state index < -0.39 is 0 Å². The molecule has 0 heterocycles. The Bertz CT molecular complexity index is 428. The Labute approximate surface area is 142 Å². The molecule has 0 aliphatic heterocycles. The van der Waals surface area contributed by atoms with Gasteiger partial charge in [0.2, 0.25) is 0 Å². The zero-order chi connectivity index (χ0) is 16.8. The molecule has 0 fully saturated rings. The highest BCUT2D eigenvalue weighted by atomic mass is 32.2. The molecule has 2 heteroatoms. The van der Waals surface area contributed by atoms with Crippen LogP contribution in [0, 0.1) is 16.9 Å². The lowest BCUT2D eigenvalue weighted by Crippen LogP contribution is -2.36. The normalized spacial score (nSPS) is 12.7. The van der Waals surface area contributed by atoms with Crippen LogP contribution in [0.15, 0.2) is 29.2 Å². The first-order valence-corrected chi connectivity index (χ1v) is 9.63. The van der Waals surface area contributed by atoms with Gasteiger partial charge in [-0.05, 0) is 36.9 Å². The van der Waals surface area contributed by atoms with Gasteiger partial charge in [0.05, 0.1) is 0 Å². The van der Waals surface area contributed by atoms with Crippen LogP contribution in [0.25, 0.3) is 0 Å². The van der Waals surface area contributed by atoms with E-state index in [-0.39, 0.29) is 10.8 Å². The topological polar surface area (TPSA) is 9.23 Å². The molecule has 0 spiro atoms. The third kappa shape index (κ3) is 5.87. The standard InChI is InChI=1S/C20H33OS/c1-8-9-10-15-20(5,6)18(19(2,3)4)21-16-11-13-17(22-7)14-12-16/h11-14H,8-10,15H2,1-7H3. The molecule has 1 radical (unpaired) electrons. The highest BCUT2D eigenvalue weighted by Crippen LogP contribution is 2.46. The number of ether oxygens (including phenoxy) is 1. The van der Waals surface area contributed by atoms with E-state index in [2.05, 4.69) is 72.1 Å². The van der Waals surface area contributed by atoms with Crippen LogP contribution >= 0.6 is 11.8 Å². The van der Waals surface area contributed by atoms with Crippen LogP contribution in [-0.4, -0.2) is 6.26 Å². The minimum atomic E-state index is 0.0356. The molecule has 0 amide bonds. The summed E-state index contributed by atoms with van der Waals surface area (Å²) in [4.78, 5) is 1.27. The smallest absolute Gasteiger partial charge is 0.159 e. The summed E-state index contributed by atoms with van der Waals surface area (Å²) in [7, 11) is 0. The van der Waals surface area contributed by atoms with E-state index in [0.717, 1.165) is 5.75 Å². The van der Waals surface area contributed by atoms with E-state index in [0.29, 0.717) is 0 Å². The lowest BCUT2D eigenvalue weighted by atomic mass is 9.70. The Balaban J connectivity index is 2.87. The van der Waals surface area contributed by atoms with Gasteiger partial charge in [-0.3, -0.25) is 0 Å². The van der Waals surface area contributed by atoms with Crippen LogP contribution in [0.1, 0.15) is 67.2 Å². The van der Waals surface area contributed by atoms with E-state index in [1.165, 1.54) is 36.7 Å². The van der Waals surface area contributed by atoms with Crippen molar-refractivity contribution in [2.75, 3.05) is 6.26 Å². The third-order valence-electron chi connectivity index (χ3n) is 3.98. The number of unbranched alkanes of at least 4 members (excludes halogenated alkanes) is 2. The van der Waals surface area contributed by atoms with Crippen molar-refractivity contribution in [1.82, 2.24) is 0 Å². The Kier molecular flexibility index (Phi) is 7.31. The summed E-state index contributed by atoms with van der Waals surface area (Å²) in [5.74, 6) is 0.950. The Morgan fingerprint density at radius 3 is 2.05 bits per heavy atom. The zero-order valence-electron chi connectivity index (χ0n) is 15.5. The molecule has 125 valence electrons. The van der Waals surface area contributed by atoms with Gasteiger partial charge >= 0.3 is 0 Å². The summed E-state index contributed by atoms with van der Waals surface area (Å²) in [5.41, 5.74) is 0.124. The van der Waals surface area contributed by atoms with Crippen molar-refractivity contribution in [3.05, 3.63) is 30.4 Å². The predicted molar refractivity (Wildman–Crippen MR) is 99.5 cm³/mol. The highest BCUT2D eigenvalue weighted by molar-refractivity contribution is 7.98. The largest absolute Gasteiger partial charge is 0.482 e. The highest BCUT2D eigenvalue weighted by Gasteiger charge is 2.41. The van der Waals surface area contributed by atoms with Crippen LogP contribution in [0.5, 0.6) is 5.75 Å². The molecule has 0 bridgehead atoms. The summed E-state index contributed by atoms with van der Waals surface area (Å²) in [5, 5.41) is 0. The Morgan fingerprint density at radius 1 is 1.00 bits per heavy atom. The lowest BCUT2D eigenvalue weighted by Gasteiger charge is -2.41. The first-order valence-electron chi connectivity index (χ1n) is 8.40. The van der Waals surface area contributed by atoms with Gasteiger partial charge in [0, 0.05) is 15.7 Å². The van der Waals surface area contributed by atoms with Crippen molar-refractivity contribution in [3.63, 3.8) is 0 Å². The molecule has 1 aromatic carbocycles. The van der Waals surface area contributed by atoms with Crippen molar-refractivity contribution in [2.24, 2.45) is 10.8 Å². The Hall–Kier alpha value is -0.630. The molecule has 0 atom stereocenters. The zero-order valence-corrected chi connectivity index (χ0v) is 16.3. The first kappa shape index (κ1) is 19.4. The van der Waals surface area contributed by atoms with E-state index in [1.807, 2.05) is 0 Å². The van der Waals surface area contributed by atoms with Gasteiger partial charge in [-0.25, -0.2) is 0 Å². The van der Waals surface area contributed by atoms with E-state index in [1.54, 1.807) is 11.8 Å². The van der Waals surface area contributed by atoms with E-state index in [4.69, 9.17) is 4.74 Å². The van der Waals surface area contributed by atoms with Gasteiger partial charge in [-0.1, -0.05) is 60.8 Å². The molecule has 0 saturated carbocycles. The van der Waals surface area contributed by atoms with Crippen molar-refractivity contribution >= 4 is 11.8 Å². The minimum absolute atomic E-state index is 0.0356. The second kappa shape index (κ2) is 8.29. The number of hydrogen-bond donors (Lipinski definition) is 0. The summed E-state index contributed by atoms with van der Waals surface area (Å²) < 4.78 is 6.38. The fourth-order valence-electron chi connectivity index (χ4n) is 3.00. The van der Waals surface area contributed by atoms with Gasteiger partial charge in [-0.2, -0.15) is 0 Å². The molecule has 22 heavy (non-hydrogen) atoms. The number of hydrogen-bond acceptors (Lipinski definition) is 2. The van der Waals surface area contributed by atoms with Crippen molar-refractivity contribution < 1.29 is 4.74 Å². The van der Waals surface area contributed by atoms with Crippen molar-refractivity contribution in [2.45, 2.75) is 72.1 Å². The third-order valence-corrected chi connectivity index (χ3v) is 4.72. The van der Waals surface area contributed by atoms with Crippen LogP contribution in [0.4, 0.5) is 0 Å². The molecule has 1 nitrogen and oxygen atoms in total. The summed E-state index contributed by atoms with van der Waals surface area (Å²) in [6, 6.07) is 8.42. The molecule has 0 saturated heterocycles. The van der Waals surface area contributed by atoms with Gasteiger partial charge < -0.3 is 4.74 Å². The fraction of sp³-hybridized carbons (Fsp3) is 0.650. The fourth-order valence-corrected chi connectivity index (χ4v) is 3.41. The molecule has 0 unspecified atom stereocenters. The van der Waals surface area contributed by atoms with Gasteiger partial charge in [-0.15, -0.1) is 11.8 Å². The quantitative estimate of drug-likeness (QED) is 0.377. The van der Waals surface area contributed by atoms with E-state index in [9.17, 15) is 0 Å². The first-order chi connectivity index (χ1) is 10.2. The minimum Gasteiger partial charge on any atom is -0.482 e. The molecule has 0 aromatic heterocycles. The van der Waals surface area contributed by atoms with Crippen LogP contribution < -0.4 is 4.74 Å². The second-order valence-corrected chi connectivity index (χ2v) is 8.58. The van der Waals surface area contributed by atoms with Gasteiger partial charge in [0.1, 0.15) is 5.75 Å². The van der Waals surface area contributed by atoms with Crippen molar-refractivity contribution in [1.29, 1.82) is 0 Å². The maximum atomic E-state index is 6.38. The predicted octanol–water partition coefficient (Wildman–Crippen LogP) is 6.97. The molecule has 0 aliphatic rings. The molecule has 0 N–H and O–H groups in total. The molecule has 1 aromatic rings. The number of benzene rings is 1. The lowest BCUT2D eigenvalue weighted by molar-refractivity contribution is 0.0847. The van der Waals surface area contributed by atoms with Crippen LogP contribution in [-0.2, 0) is 0 Å². The molecule has 0 aliphatic carbocycles. The summed E-state index contributed by atoms with van der Waals surface area (Å²) in [6.45, 7) is 13.6. The maximum Gasteiger partial charge on any atom is 0.159 e. The SMILES string of the molecule is CCCCCC(C)(C)[C](Oc1ccc(SC)cc1)C(C)(C)C. The molecular weight excluding hydrogens is 288 g/mol. The van der Waals surface area contributed by atoms with E-state index >= 15 is 0 Å². The molecular formula is C20H33OS. The maximum absolute atomic E-state index is 6.38. The summed E-state index contributed by atoms with van der Waals surface area (Å²) >= 11 is 1.76. The molecule has 1 rings (SSSR count). The number of thioether (sulfide) groups is 1. The average molecular weight is 322 g/mol. The van der Waals surface area contributed by atoms with Crippen LogP contribution in [0.2, 0.25) is 0 Å². The Morgan fingerprint density at radius 2 is 1.59 bits per heavy atom. The second-order valence-electron chi connectivity index (χ2n) is 7.70. The monoisotopic (exact) mass is 321 g/mol.